The molecule has 10 nitrogen and oxygen atoms in total. The van der Waals surface area contributed by atoms with Crippen molar-refractivity contribution in [2.75, 3.05) is 24.6 Å². The van der Waals surface area contributed by atoms with E-state index in [2.05, 4.69) is 20.6 Å². The standard InChI is InChI=1S/C22H28ClN5O5S/c1-3-13-18(23)27-19(25-13)21(30)26-14-7-8-28(10-15(14)33-4-2)16-9-12(17(34-16)22(31)32)20(29)24-11-5-6-11/h9,11,14-15H,3-8,10H2,1-2H3,(H,24,29)(H,25,27)(H,26,30)(H,31,32)/t14-,15+/m1/s1. The summed E-state index contributed by atoms with van der Waals surface area (Å²) in [7, 11) is 0. The number of nitrogens with one attached hydrogen (secondary N) is 3. The maximum atomic E-state index is 12.7. The molecule has 0 aromatic carbocycles. The number of carboxylic acids is 1. The average Bonchev–Trinajstić information content (AvgIpc) is 3.36. The molecule has 12 heteroatoms. The highest BCUT2D eigenvalue weighted by Crippen LogP contribution is 2.33. The predicted molar refractivity (Wildman–Crippen MR) is 128 cm³/mol. The Hall–Kier alpha value is -2.63. The van der Waals surface area contributed by atoms with E-state index < -0.39 is 5.97 Å². The Morgan fingerprint density at radius 2 is 2.03 bits per heavy atom. The SMILES string of the molecule is CCO[C@H]1CN(c2cc(C(=O)NC3CC3)c(C(=O)O)s2)CC[C@H]1NC(=O)c1nc(Cl)c(CC)[nH]1. The van der Waals surface area contributed by atoms with Gasteiger partial charge in [0.15, 0.2) is 11.0 Å². The third-order valence-electron chi connectivity index (χ3n) is 5.94. The summed E-state index contributed by atoms with van der Waals surface area (Å²) in [5.41, 5.74) is 0.890. The summed E-state index contributed by atoms with van der Waals surface area (Å²) in [4.78, 5) is 46.2. The number of thiophene rings is 1. The largest absolute Gasteiger partial charge is 0.477 e. The number of aromatic carboxylic acids is 1. The fourth-order valence-corrected chi connectivity index (χ4v) is 5.28. The smallest absolute Gasteiger partial charge is 0.346 e. The number of H-pyrrole nitrogens is 1. The third kappa shape index (κ3) is 5.37. The van der Waals surface area contributed by atoms with Crippen LogP contribution >= 0.6 is 22.9 Å². The Balaban J connectivity index is 1.47. The molecule has 0 radical (unpaired) electrons. The van der Waals surface area contributed by atoms with Gasteiger partial charge in [-0.05, 0) is 38.7 Å². The van der Waals surface area contributed by atoms with E-state index in [9.17, 15) is 19.5 Å². The van der Waals surface area contributed by atoms with E-state index in [0.717, 1.165) is 24.2 Å². The van der Waals surface area contributed by atoms with Gasteiger partial charge in [-0.3, -0.25) is 9.59 Å². The van der Waals surface area contributed by atoms with Crippen molar-refractivity contribution in [2.45, 2.75) is 57.7 Å². The van der Waals surface area contributed by atoms with Crippen molar-refractivity contribution in [3.05, 3.63) is 33.2 Å². The Bertz CT molecular complexity index is 1080. The number of carbonyl (C=O) groups excluding carboxylic acids is 2. The number of anilines is 1. The molecule has 2 aliphatic rings. The van der Waals surface area contributed by atoms with E-state index in [1.54, 1.807) is 6.07 Å². The van der Waals surface area contributed by atoms with Gasteiger partial charge in [-0.2, -0.15) is 0 Å². The number of amides is 2. The van der Waals surface area contributed by atoms with Gasteiger partial charge in [-0.15, -0.1) is 11.3 Å². The Morgan fingerprint density at radius 1 is 1.26 bits per heavy atom. The van der Waals surface area contributed by atoms with E-state index in [4.69, 9.17) is 16.3 Å². The molecule has 0 unspecified atom stereocenters. The number of ether oxygens (including phenoxy) is 1. The van der Waals surface area contributed by atoms with Crippen LogP contribution in [0.2, 0.25) is 5.15 Å². The van der Waals surface area contributed by atoms with E-state index in [1.807, 2.05) is 18.7 Å². The first-order valence-corrected chi connectivity index (χ1v) is 12.6. The number of carboxylic acid groups (broad SMARTS) is 1. The molecule has 4 N–H and O–H groups in total. The second-order valence-electron chi connectivity index (χ2n) is 8.40. The Morgan fingerprint density at radius 3 is 2.65 bits per heavy atom. The topological polar surface area (TPSA) is 137 Å². The van der Waals surface area contributed by atoms with Crippen molar-refractivity contribution in [1.82, 2.24) is 20.6 Å². The van der Waals surface area contributed by atoms with Gasteiger partial charge >= 0.3 is 5.97 Å². The number of imidazole rings is 1. The van der Waals surface area contributed by atoms with E-state index in [-0.39, 0.29) is 51.4 Å². The Labute approximate surface area is 206 Å². The zero-order valence-electron chi connectivity index (χ0n) is 19.0. The van der Waals surface area contributed by atoms with Crippen LogP contribution in [0.5, 0.6) is 0 Å². The molecule has 1 aliphatic carbocycles. The van der Waals surface area contributed by atoms with Crippen molar-refractivity contribution < 1.29 is 24.2 Å². The van der Waals surface area contributed by atoms with Crippen LogP contribution < -0.4 is 15.5 Å². The quantitative estimate of drug-likeness (QED) is 0.408. The van der Waals surface area contributed by atoms with Crippen LogP contribution in [0.15, 0.2) is 6.07 Å². The van der Waals surface area contributed by atoms with Gasteiger partial charge in [0.25, 0.3) is 11.8 Å². The highest BCUT2D eigenvalue weighted by atomic mass is 35.5. The molecule has 1 saturated heterocycles. The van der Waals surface area contributed by atoms with Gasteiger partial charge in [0.1, 0.15) is 4.88 Å². The second-order valence-corrected chi connectivity index (χ2v) is 9.79. The van der Waals surface area contributed by atoms with Gasteiger partial charge in [-0.1, -0.05) is 18.5 Å². The van der Waals surface area contributed by atoms with Crippen molar-refractivity contribution >= 4 is 45.7 Å². The molecular weight excluding hydrogens is 482 g/mol. The van der Waals surface area contributed by atoms with Crippen molar-refractivity contribution in [3.8, 4) is 0 Å². The zero-order valence-corrected chi connectivity index (χ0v) is 20.6. The van der Waals surface area contributed by atoms with Crippen LogP contribution in [0.3, 0.4) is 0 Å². The first-order chi connectivity index (χ1) is 16.3. The van der Waals surface area contributed by atoms with Gasteiger partial charge in [0.2, 0.25) is 0 Å². The molecule has 3 heterocycles. The fraction of sp³-hybridized carbons (Fsp3) is 0.545. The number of aryl methyl sites for hydroxylation is 1. The highest BCUT2D eigenvalue weighted by Gasteiger charge is 2.34. The monoisotopic (exact) mass is 509 g/mol. The summed E-state index contributed by atoms with van der Waals surface area (Å²) in [6, 6.07) is 1.52. The molecule has 2 atom stereocenters. The average molecular weight is 510 g/mol. The predicted octanol–water partition coefficient (Wildman–Crippen LogP) is 2.69. The summed E-state index contributed by atoms with van der Waals surface area (Å²) in [6.45, 7) is 5.27. The van der Waals surface area contributed by atoms with Crippen LogP contribution in [-0.2, 0) is 11.2 Å². The first kappa shape index (κ1) is 24.5. The lowest BCUT2D eigenvalue weighted by atomic mass is 10.0. The number of aromatic amines is 1. The fourth-order valence-electron chi connectivity index (χ4n) is 3.98. The number of halogens is 1. The lowest BCUT2D eigenvalue weighted by molar-refractivity contribution is 0.0273. The second kappa shape index (κ2) is 10.3. The summed E-state index contributed by atoms with van der Waals surface area (Å²) in [6.07, 6.45) is 2.74. The van der Waals surface area contributed by atoms with Gasteiger partial charge in [0, 0.05) is 25.7 Å². The van der Waals surface area contributed by atoms with Crippen LogP contribution in [0, 0.1) is 0 Å². The van der Waals surface area contributed by atoms with Crippen molar-refractivity contribution in [1.29, 1.82) is 0 Å². The summed E-state index contributed by atoms with van der Waals surface area (Å²) < 4.78 is 5.92. The van der Waals surface area contributed by atoms with Crippen LogP contribution in [0.4, 0.5) is 5.00 Å². The van der Waals surface area contributed by atoms with Crippen LogP contribution in [-0.4, -0.2) is 70.7 Å². The van der Waals surface area contributed by atoms with Crippen LogP contribution in [0.1, 0.15) is 69.5 Å². The van der Waals surface area contributed by atoms with E-state index in [1.165, 1.54) is 0 Å². The summed E-state index contributed by atoms with van der Waals surface area (Å²) in [5.74, 6) is -1.66. The van der Waals surface area contributed by atoms with Gasteiger partial charge in [-0.25, -0.2) is 9.78 Å². The highest BCUT2D eigenvalue weighted by molar-refractivity contribution is 7.18. The van der Waals surface area contributed by atoms with E-state index >= 15 is 0 Å². The van der Waals surface area contributed by atoms with E-state index in [0.29, 0.717) is 43.2 Å². The number of hydrogen-bond acceptors (Lipinski definition) is 7. The van der Waals surface area contributed by atoms with Gasteiger partial charge < -0.3 is 30.4 Å². The van der Waals surface area contributed by atoms with Crippen molar-refractivity contribution in [2.24, 2.45) is 0 Å². The molecule has 4 rings (SSSR count). The number of hydrogen-bond donors (Lipinski definition) is 4. The lowest BCUT2D eigenvalue weighted by Crippen LogP contribution is -2.55. The molecule has 34 heavy (non-hydrogen) atoms. The summed E-state index contributed by atoms with van der Waals surface area (Å²) >= 11 is 7.15. The molecule has 2 fully saturated rings. The number of aromatic nitrogens is 2. The minimum atomic E-state index is -1.12. The molecule has 2 aromatic heterocycles. The molecular formula is C22H28ClN5O5S. The number of rotatable bonds is 9. The molecule has 1 aliphatic heterocycles. The van der Waals surface area contributed by atoms with Crippen molar-refractivity contribution in [3.63, 3.8) is 0 Å². The maximum Gasteiger partial charge on any atom is 0.346 e. The minimum absolute atomic E-state index is 0.0259. The normalized spacial score (nSPS) is 20.3. The minimum Gasteiger partial charge on any atom is -0.477 e. The molecule has 1 saturated carbocycles. The maximum absolute atomic E-state index is 12.7. The number of nitrogens with zero attached hydrogens (tertiary/aromatic N) is 2. The number of piperidine rings is 1. The molecule has 0 spiro atoms. The Kier molecular flexibility index (Phi) is 7.44. The van der Waals surface area contributed by atoms with Crippen LogP contribution in [0.25, 0.3) is 0 Å². The zero-order chi connectivity index (χ0) is 24.4. The third-order valence-corrected chi connectivity index (χ3v) is 7.43. The molecule has 0 bridgehead atoms. The number of carbonyl (C=O) groups is 3. The molecule has 2 amide bonds. The first-order valence-electron chi connectivity index (χ1n) is 11.4. The molecule has 184 valence electrons. The van der Waals surface area contributed by atoms with Gasteiger partial charge in [0.05, 0.1) is 28.4 Å². The summed E-state index contributed by atoms with van der Waals surface area (Å²) in [5, 5.41) is 16.5. The lowest BCUT2D eigenvalue weighted by Gasteiger charge is -2.39. The molecule has 2 aromatic rings.